The number of pyridine rings is 1. The van der Waals surface area contributed by atoms with Crippen LogP contribution in [0, 0.1) is 0 Å². The van der Waals surface area contributed by atoms with Crippen molar-refractivity contribution in [3.63, 3.8) is 0 Å². The molecule has 2 heterocycles. The maximum atomic E-state index is 12.4. The van der Waals surface area contributed by atoms with Gasteiger partial charge in [-0.1, -0.05) is 6.07 Å². The summed E-state index contributed by atoms with van der Waals surface area (Å²) in [6.45, 7) is 2.65. The van der Waals surface area contributed by atoms with Crippen LogP contribution in [0.1, 0.15) is 41.7 Å². The molecule has 0 radical (unpaired) electrons. The molecule has 2 aromatic rings. The second-order valence-electron chi connectivity index (χ2n) is 5.67. The van der Waals surface area contributed by atoms with Gasteiger partial charge in [0.25, 0.3) is 5.91 Å². The van der Waals surface area contributed by atoms with Gasteiger partial charge in [-0.3, -0.25) is 14.6 Å². The average molecular weight is 309 g/mol. The van der Waals surface area contributed by atoms with Crippen molar-refractivity contribution < 1.29 is 9.59 Å². The van der Waals surface area contributed by atoms with E-state index < -0.39 is 0 Å². The molecule has 2 amide bonds. The number of nitrogens with zero attached hydrogens (tertiary/aromatic N) is 2. The quantitative estimate of drug-likeness (QED) is 0.944. The van der Waals surface area contributed by atoms with Gasteiger partial charge < -0.3 is 10.2 Å². The fraction of sp³-hybridized carbons (Fsp3) is 0.278. The van der Waals surface area contributed by atoms with Crippen molar-refractivity contribution in [1.82, 2.24) is 10.3 Å². The van der Waals surface area contributed by atoms with E-state index in [1.807, 2.05) is 31.2 Å². The zero-order valence-corrected chi connectivity index (χ0v) is 13.0. The van der Waals surface area contributed by atoms with Gasteiger partial charge in [-0.2, -0.15) is 0 Å². The molecule has 1 fully saturated rings. The molecule has 3 rings (SSSR count). The van der Waals surface area contributed by atoms with E-state index >= 15 is 0 Å². The van der Waals surface area contributed by atoms with Gasteiger partial charge in [-0.05, 0) is 49.2 Å². The smallest absolute Gasteiger partial charge is 0.251 e. The molecule has 1 aromatic heterocycles. The van der Waals surface area contributed by atoms with Crippen molar-refractivity contribution in [2.24, 2.45) is 0 Å². The third-order valence-electron chi connectivity index (χ3n) is 4.05. The zero-order valence-electron chi connectivity index (χ0n) is 13.0. The van der Waals surface area contributed by atoms with Gasteiger partial charge in [0.2, 0.25) is 5.91 Å². The van der Waals surface area contributed by atoms with Crippen LogP contribution in [-0.4, -0.2) is 23.3 Å². The lowest BCUT2D eigenvalue weighted by Crippen LogP contribution is -2.27. The fourth-order valence-corrected chi connectivity index (χ4v) is 2.75. The highest BCUT2D eigenvalue weighted by Gasteiger charge is 2.22. The minimum atomic E-state index is -0.150. The first kappa shape index (κ1) is 15.2. The maximum Gasteiger partial charge on any atom is 0.251 e. The first-order chi connectivity index (χ1) is 11.1. The highest BCUT2D eigenvalue weighted by molar-refractivity contribution is 5.99. The Morgan fingerprint density at radius 1 is 1.26 bits per heavy atom. The lowest BCUT2D eigenvalue weighted by molar-refractivity contribution is -0.117. The van der Waals surface area contributed by atoms with Crippen molar-refractivity contribution in [3.8, 4) is 0 Å². The summed E-state index contributed by atoms with van der Waals surface area (Å²) in [5, 5.41) is 2.97. The van der Waals surface area contributed by atoms with Crippen LogP contribution in [0.3, 0.4) is 0 Å². The van der Waals surface area contributed by atoms with Gasteiger partial charge in [0.1, 0.15) is 0 Å². The van der Waals surface area contributed by atoms with Gasteiger partial charge in [-0.15, -0.1) is 0 Å². The first-order valence-electron chi connectivity index (χ1n) is 7.76. The van der Waals surface area contributed by atoms with Crippen LogP contribution < -0.4 is 10.2 Å². The van der Waals surface area contributed by atoms with Crippen LogP contribution in [0.15, 0.2) is 48.8 Å². The lowest BCUT2D eigenvalue weighted by atomic mass is 10.1. The molecule has 1 N–H and O–H groups in total. The van der Waals surface area contributed by atoms with Gasteiger partial charge in [-0.25, -0.2) is 0 Å². The Kier molecular flexibility index (Phi) is 4.37. The van der Waals surface area contributed by atoms with E-state index in [1.54, 1.807) is 29.4 Å². The van der Waals surface area contributed by atoms with Crippen LogP contribution in [0.25, 0.3) is 0 Å². The second kappa shape index (κ2) is 6.60. The number of anilines is 1. The molecule has 1 aromatic carbocycles. The summed E-state index contributed by atoms with van der Waals surface area (Å²) in [6, 6.07) is 10.9. The number of rotatable bonds is 4. The Morgan fingerprint density at radius 2 is 2.04 bits per heavy atom. The van der Waals surface area contributed by atoms with E-state index in [1.165, 1.54) is 0 Å². The van der Waals surface area contributed by atoms with E-state index in [0.717, 1.165) is 24.2 Å². The van der Waals surface area contributed by atoms with E-state index in [9.17, 15) is 9.59 Å². The molecule has 5 heteroatoms. The van der Waals surface area contributed by atoms with Crippen LogP contribution in [0.2, 0.25) is 0 Å². The average Bonchev–Trinajstić information content (AvgIpc) is 3.02. The Labute approximate surface area is 135 Å². The topological polar surface area (TPSA) is 62.3 Å². The summed E-state index contributed by atoms with van der Waals surface area (Å²) >= 11 is 0. The summed E-state index contributed by atoms with van der Waals surface area (Å²) in [5.41, 5.74) is 2.35. The summed E-state index contributed by atoms with van der Waals surface area (Å²) in [5.74, 6) is -0.0319. The molecule has 1 aliphatic rings. The van der Waals surface area contributed by atoms with Crippen LogP contribution >= 0.6 is 0 Å². The Morgan fingerprint density at radius 3 is 2.74 bits per heavy atom. The lowest BCUT2D eigenvalue weighted by Gasteiger charge is -2.18. The minimum Gasteiger partial charge on any atom is -0.346 e. The minimum absolute atomic E-state index is 0.109. The van der Waals surface area contributed by atoms with Crippen LogP contribution in [-0.2, 0) is 4.79 Å². The van der Waals surface area contributed by atoms with Gasteiger partial charge in [0.15, 0.2) is 0 Å². The summed E-state index contributed by atoms with van der Waals surface area (Å²) in [6.07, 6.45) is 4.86. The van der Waals surface area contributed by atoms with Crippen molar-refractivity contribution in [2.45, 2.75) is 25.8 Å². The zero-order chi connectivity index (χ0) is 16.2. The number of aromatic nitrogens is 1. The number of nitrogens with one attached hydrogen (secondary N) is 1. The summed E-state index contributed by atoms with van der Waals surface area (Å²) < 4.78 is 0. The Hall–Kier alpha value is -2.69. The molecular weight excluding hydrogens is 290 g/mol. The SMILES string of the molecule is CC(NC(=O)c1cccc(N2CCCC2=O)c1)c1ccncc1. The molecule has 5 nitrogen and oxygen atoms in total. The molecule has 1 unspecified atom stereocenters. The number of hydrogen-bond donors (Lipinski definition) is 1. The third kappa shape index (κ3) is 3.39. The number of carbonyl (C=O) groups is 2. The van der Waals surface area contributed by atoms with Crippen molar-refractivity contribution in [2.75, 3.05) is 11.4 Å². The van der Waals surface area contributed by atoms with E-state index in [-0.39, 0.29) is 17.9 Å². The van der Waals surface area contributed by atoms with Crippen LogP contribution in [0.4, 0.5) is 5.69 Å². The van der Waals surface area contributed by atoms with Crippen molar-refractivity contribution in [3.05, 3.63) is 59.9 Å². The van der Waals surface area contributed by atoms with Crippen molar-refractivity contribution in [1.29, 1.82) is 0 Å². The molecule has 1 atom stereocenters. The summed E-state index contributed by atoms with van der Waals surface area (Å²) in [7, 11) is 0. The van der Waals surface area contributed by atoms with Crippen molar-refractivity contribution >= 4 is 17.5 Å². The van der Waals surface area contributed by atoms with Gasteiger partial charge in [0.05, 0.1) is 6.04 Å². The van der Waals surface area contributed by atoms with E-state index in [0.29, 0.717) is 12.0 Å². The highest BCUT2D eigenvalue weighted by Crippen LogP contribution is 2.22. The first-order valence-corrected chi connectivity index (χ1v) is 7.76. The second-order valence-corrected chi connectivity index (χ2v) is 5.67. The molecule has 0 spiro atoms. The maximum absolute atomic E-state index is 12.4. The number of benzene rings is 1. The molecule has 0 saturated carbocycles. The third-order valence-corrected chi connectivity index (χ3v) is 4.05. The molecule has 23 heavy (non-hydrogen) atoms. The molecule has 1 aliphatic heterocycles. The van der Waals surface area contributed by atoms with E-state index in [4.69, 9.17) is 0 Å². The monoisotopic (exact) mass is 309 g/mol. The van der Waals surface area contributed by atoms with Crippen LogP contribution in [0.5, 0.6) is 0 Å². The number of amides is 2. The number of carbonyl (C=O) groups excluding carboxylic acids is 2. The molecule has 1 saturated heterocycles. The highest BCUT2D eigenvalue weighted by atomic mass is 16.2. The summed E-state index contributed by atoms with van der Waals surface area (Å²) in [4.78, 5) is 30.0. The Balaban J connectivity index is 1.74. The predicted molar refractivity (Wildman–Crippen MR) is 88.1 cm³/mol. The molecule has 118 valence electrons. The molecule has 0 bridgehead atoms. The fourth-order valence-electron chi connectivity index (χ4n) is 2.75. The largest absolute Gasteiger partial charge is 0.346 e. The molecule has 0 aliphatic carbocycles. The Bertz CT molecular complexity index is 715. The van der Waals surface area contributed by atoms with Gasteiger partial charge in [0, 0.05) is 36.6 Å². The normalized spacial score (nSPS) is 15.5. The predicted octanol–water partition coefficient (Wildman–Crippen LogP) is 2.70. The van der Waals surface area contributed by atoms with E-state index in [2.05, 4.69) is 10.3 Å². The number of hydrogen-bond acceptors (Lipinski definition) is 3. The standard InChI is InChI=1S/C18H19N3O2/c1-13(14-7-9-19-10-8-14)20-18(23)15-4-2-5-16(12-15)21-11-3-6-17(21)22/h2,4-5,7-10,12-13H,3,6,11H2,1H3,(H,20,23). The van der Waals surface area contributed by atoms with Gasteiger partial charge >= 0.3 is 0 Å². The molecular formula is C18H19N3O2.